The van der Waals surface area contributed by atoms with E-state index in [1.807, 2.05) is 0 Å². The molecule has 0 heterocycles. The van der Waals surface area contributed by atoms with Gasteiger partial charge in [-0.2, -0.15) is 0 Å². The summed E-state index contributed by atoms with van der Waals surface area (Å²) in [6.45, 7) is 18.4. The van der Waals surface area contributed by atoms with Crippen LogP contribution in [-0.4, -0.2) is 24.9 Å². The number of amides is 2. The first-order valence-corrected chi connectivity index (χ1v) is 7.42. The van der Waals surface area contributed by atoms with Crippen LogP contribution in [0.25, 0.3) is 0 Å². The summed E-state index contributed by atoms with van der Waals surface area (Å²) in [4.78, 5) is 22.9. The largest absolute Gasteiger partial charge is 0.352 e. The number of hydrogen-bond acceptors (Lipinski definition) is 2. The highest BCUT2D eigenvalue weighted by Gasteiger charge is 2.21. The molecule has 0 fully saturated rings. The average molecular weight is 294 g/mol. The molecule has 0 saturated carbocycles. The van der Waals surface area contributed by atoms with Gasteiger partial charge in [-0.25, -0.2) is 0 Å². The van der Waals surface area contributed by atoms with E-state index in [1.165, 1.54) is 0 Å². The lowest BCUT2D eigenvalue weighted by molar-refractivity contribution is -0.118. The lowest BCUT2D eigenvalue weighted by atomic mass is 9.80. The maximum atomic E-state index is 11.5. The highest BCUT2D eigenvalue weighted by atomic mass is 16.2. The van der Waals surface area contributed by atoms with Crippen molar-refractivity contribution < 1.29 is 9.59 Å². The Bertz CT molecular complexity index is 411. The molecule has 4 nitrogen and oxygen atoms in total. The van der Waals surface area contributed by atoms with Crippen LogP contribution in [0.1, 0.15) is 47.5 Å². The Morgan fingerprint density at radius 3 is 2.00 bits per heavy atom. The first kappa shape index (κ1) is 19.4. The normalized spacial score (nSPS) is 12.4. The summed E-state index contributed by atoms with van der Waals surface area (Å²) >= 11 is 0. The molecule has 0 bridgehead atoms. The molecular weight excluding hydrogens is 264 g/mol. The predicted octanol–water partition coefficient (Wildman–Crippen LogP) is 2.81. The van der Waals surface area contributed by atoms with Crippen LogP contribution in [0.5, 0.6) is 0 Å². The Labute approximate surface area is 129 Å². The van der Waals surface area contributed by atoms with Gasteiger partial charge in [0.15, 0.2) is 0 Å². The van der Waals surface area contributed by atoms with Crippen LogP contribution in [0.2, 0.25) is 0 Å². The zero-order valence-electron chi connectivity index (χ0n) is 14.1. The molecule has 1 atom stereocenters. The van der Waals surface area contributed by atoms with Gasteiger partial charge >= 0.3 is 0 Å². The zero-order valence-corrected chi connectivity index (χ0v) is 14.1. The molecule has 0 aliphatic carbocycles. The first-order chi connectivity index (χ1) is 9.55. The molecule has 2 N–H and O–H groups in total. The minimum atomic E-state index is -0.0902. The molecule has 4 heteroatoms. The molecule has 1 unspecified atom stereocenters. The fourth-order valence-corrected chi connectivity index (χ4v) is 2.20. The Morgan fingerprint density at radius 1 is 1.05 bits per heavy atom. The monoisotopic (exact) mass is 294 g/mol. The van der Waals surface area contributed by atoms with Gasteiger partial charge in [-0.3, -0.25) is 9.59 Å². The molecule has 0 aromatic heterocycles. The van der Waals surface area contributed by atoms with Crippen molar-refractivity contribution in [2.24, 2.45) is 11.3 Å². The Hall–Kier alpha value is -1.58. The molecule has 0 aliphatic rings. The third kappa shape index (κ3) is 9.05. The number of carbonyl (C=O) groups excluding carboxylic acids is 2. The SMILES string of the molecule is C=C(C)C(=O)NCCC(C)(C)CC(C)CNC(=O)C(=C)C. The lowest BCUT2D eigenvalue weighted by Gasteiger charge is -2.28. The molecular formula is C17H30N2O2. The number of carbonyl (C=O) groups is 2. The molecule has 120 valence electrons. The molecule has 0 aliphatic heterocycles. The summed E-state index contributed by atoms with van der Waals surface area (Å²) < 4.78 is 0. The van der Waals surface area contributed by atoms with Crippen molar-refractivity contribution >= 4 is 11.8 Å². The van der Waals surface area contributed by atoms with E-state index in [0.717, 1.165) is 12.8 Å². The standard InChI is InChI=1S/C17H30N2O2/c1-12(2)15(20)18-9-8-17(6,7)10-14(5)11-19-16(21)13(3)4/h14H,1,3,8-11H2,2,4-7H3,(H,18,20)(H,19,21). The summed E-state index contributed by atoms with van der Waals surface area (Å²) in [6.07, 6.45) is 1.87. The molecule has 0 aromatic rings. The molecule has 0 radical (unpaired) electrons. The fraction of sp³-hybridized carbons (Fsp3) is 0.647. The van der Waals surface area contributed by atoms with Gasteiger partial charge in [0, 0.05) is 24.2 Å². The van der Waals surface area contributed by atoms with E-state index in [-0.39, 0.29) is 17.2 Å². The predicted molar refractivity (Wildman–Crippen MR) is 87.8 cm³/mol. The highest BCUT2D eigenvalue weighted by Crippen LogP contribution is 2.28. The lowest BCUT2D eigenvalue weighted by Crippen LogP contribution is -2.32. The van der Waals surface area contributed by atoms with Crippen molar-refractivity contribution in [1.29, 1.82) is 0 Å². The van der Waals surface area contributed by atoms with E-state index in [1.54, 1.807) is 13.8 Å². The van der Waals surface area contributed by atoms with Crippen LogP contribution in [0.4, 0.5) is 0 Å². The van der Waals surface area contributed by atoms with Crippen molar-refractivity contribution in [3.8, 4) is 0 Å². The average Bonchev–Trinajstić information content (AvgIpc) is 2.34. The number of nitrogens with one attached hydrogen (secondary N) is 2. The number of rotatable bonds is 9. The second kappa shape index (κ2) is 8.65. The van der Waals surface area contributed by atoms with Crippen LogP contribution in [0.3, 0.4) is 0 Å². The second-order valence-electron chi connectivity index (χ2n) is 6.75. The second-order valence-corrected chi connectivity index (χ2v) is 6.75. The van der Waals surface area contributed by atoms with E-state index < -0.39 is 0 Å². The van der Waals surface area contributed by atoms with E-state index in [2.05, 4.69) is 44.6 Å². The van der Waals surface area contributed by atoms with Gasteiger partial charge in [-0.05, 0) is 38.0 Å². The van der Waals surface area contributed by atoms with Crippen LogP contribution < -0.4 is 10.6 Å². The summed E-state index contributed by atoms with van der Waals surface area (Å²) in [5.74, 6) is 0.195. The van der Waals surface area contributed by atoms with Crippen LogP contribution in [0.15, 0.2) is 24.3 Å². The maximum absolute atomic E-state index is 11.5. The van der Waals surface area contributed by atoms with Gasteiger partial charge < -0.3 is 10.6 Å². The molecule has 0 rings (SSSR count). The first-order valence-electron chi connectivity index (χ1n) is 7.42. The molecule has 0 aromatic carbocycles. The van der Waals surface area contributed by atoms with Crippen molar-refractivity contribution in [2.75, 3.05) is 13.1 Å². The zero-order chi connectivity index (χ0) is 16.6. The topological polar surface area (TPSA) is 58.2 Å². The van der Waals surface area contributed by atoms with E-state index >= 15 is 0 Å². The van der Waals surface area contributed by atoms with Crippen molar-refractivity contribution in [3.63, 3.8) is 0 Å². The van der Waals surface area contributed by atoms with Crippen LogP contribution >= 0.6 is 0 Å². The summed E-state index contributed by atoms with van der Waals surface area (Å²) in [7, 11) is 0. The Kier molecular flexibility index (Phi) is 8.00. The van der Waals surface area contributed by atoms with Gasteiger partial charge in [0.1, 0.15) is 0 Å². The Morgan fingerprint density at radius 2 is 1.52 bits per heavy atom. The fourth-order valence-electron chi connectivity index (χ4n) is 2.20. The van der Waals surface area contributed by atoms with Gasteiger partial charge in [0.25, 0.3) is 0 Å². The molecule has 2 amide bonds. The third-order valence-electron chi connectivity index (χ3n) is 3.37. The highest BCUT2D eigenvalue weighted by molar-refractivity contribution is 5.92. The van der Waals surface area contributed by atoms with Gasteiger partial charge in [0.05, 0.1) is 0 Å². The maximum Gasteiger partial charge on any atom is 0.246 e. The van der Waals surface area contributed by atoms with Gasteiger partial charge in [-0.15, -0.1) is 0 Å². The summed E-state index contributed by atoms with van der Waals surface area (Å²) in [5.41, 5.74) is 1.17. The van der Waals surface area contributed by atoms with Gasteiger partial charge in [0.2, 0.25) is 11.8 Å². The molecule has 21 heavy (non-hydrogen) atoms. The molecule has 0 saturated heterocycles. The summed E-state index contributed by atoms with van der Waals surface area (Å²) in [5, 5.41) is 5.73. The quantitative estimate of drug-likeness (QED) is 0.642. The van der Waals surface area contributed by atoms with E-state index in [9.17, 15) is 9.59 Å². The van der Waals surface area contributed by atoms with Crippen molar-refractivity contribution in [1.82, 2.24) is 10.6 Å². The van der Waals surface area contributed by atoms with Crippen LogP contribution in [0, 0.1) is 11.3 Å². The van der Waals surface area contributed by atoms with E-state index in [4.69, 9.17) is 0 Å². The minimum Gasteiger partial charge on any atom is -0.352 e. The minimum absolute atomic E-state index is 0.0895. The van der Waals surface area contributed by atoms with Gasteiger partial charge in [-0.1, -0.05) is 33.9 Å². The van der Waals surface area contributed by atoms with E-state index in [0.29, 0.717) is 30.2 Å². The molecule has 0 spiro atoms. The van der Waals surface area contributed by atoms with Crippen molar-refractivity contribution in [3.05, 3.63) is 24.3 Å². The summed E-state index contributed by atoms with van der Waals surface area (Å²) in [6, 6.07) is 0. The Balaban J connectivity index is 4.09. The third-order valence-corrected chi connectivity index (χ3v) is 3.37. The van der Waals surface area contributed by atoms with Crippen molar-refractivity contribution in [2.45, 2.75) is 47.5 Å². The number of hydrogen-bond donors (Lipinski definition) is 2. The smallest absolute Gasteiger partial charge is 0.246 e. The van der Waals surface area contributed by atoms with Crippen LogP contribution in [-0.2, 0) is 9.59 Å².